The number of aromatic nitrogens is 2. The standard InChI is InChI=1S/C15H21N5/c1-20-13-10-6-5-9-12(13)14(19-20)15(18-16)17-11-7-3-2-4-8-11/h5-6,9-11H,2-4,7-8,16H2,1H3,(H,17,18). The van der Waals surface area contributed by atoms with E-state index in [9.17, 15) is 0 Å². The summed E-state index contributed by atoms with van der Waals surface area (Å²) in [6, 6.07) is 8.52. The molecule has 1 aromatic heterocycles. The zero-order chi connectivity index (χ0) is 13.9. The predicted octanol–water partition coefficient (Wildman–Crippen LogP) is 2.12. The van der Waals surface area contributed by atoms with Crippen LogP contribution in [0.1, 0.15) is 37.8 Å². The molecule has 0 spiro atoms. The number of hydrogen-bond acceptors (Lipinski definition) is 3. The molecule has 5 heteroatoms. The van der Waals surface area contributed by atoms with E-state index in [2.05, 4.69) is 22.7 Å². The molecule has 0 saturated heterocycles. The van der Waals surface area contributed by atoms with E-state index in [1.54, 1.807) is 0 Å². The maximum Gasteiger partial charge on any atom is 0.164 e. The average molecular weight is 271 g/mol. The summed E-state index contributed by atoms with van der Waals surface area (Å²) in [6.07, 6.45) is 6.14. The van der Waals surface area contributed by atoms with Gasteiger partial charge in [0.2, 0.25) is 0 Å². The summed E-state index contributed by atoms with van der Waals surface area (Å²) < 4.78 is 1.87. The zero-order valence-corrected chi connectivity index (χ0v) is 11.8. The van der Waals surface area contributed by atoms with Gasteiger partial charge in [0, 0.05) is 12.4 Å². The Labute approximate surface area is 118 Å². The Balaban J connectivity index is 2.00. The fourth-order valence-corrected chi connectivity index (χ4v) is 2.95. The van der Waals surface area contributed by atoms with Crippen LogP contribution in [-0.2, 0) is 7.05 Å². The van der Waals surface area contributed by atoms with Crippen molar-refractivity contribution in [2.45, 2.75) is 38.1 Å². The molecule has 1 aliphatic carbocycles. The summed E-state index contributed by atoms with van der Waals surface area (Å²) in [6.45, 7) is 0. The lowest BCUT2D eigenvalue weighted by Gasteiger charge is -2.18. The number of hydrogen-bond donors (Lipinski definition) is 2. The molecule has 1 aliphatic rings. The number of para-hydroxylation sites is 1. The number of aliphatic imine (C=N–C) groups is 1. The van der Waals surface area contributed by atoms with Crippen molar-refractivity contribution in [3.05, 3.63) is 30.0 Å². The summed E-state index contributed by atoms with van der Waals surface area (Å²) in [4.78, 5) is 4.79. The number of benzene rings is 1. The SMILES string of the molecule is Cn1nc(C(=NC2CCCCC2)NN)c2ccccc21. The van der Waals surface area contributed by atoms with Crippen molar-refractivity contribution < 1.29 is 0 Å². The van der Waals surface area contributed by atoms with Crippen LogP contribution in [0.4, 0.5) is 0 Å². The van der Waals surface area contributed by atoms with Gasteiger partial charge in [-0.05, 0) is 18.9 Å². The predicted molar refractivity (Wildman–Crippen MR) is 81.4 cm³/mol. The summed E-state index contributed by atoms with van der Waals surface area (Å²) in [5, 5.41) is 5.66. The molecule has 3 rings (SSSR count). The van der Waals surface area contributed by atoms with Crippen LogP contribution in [0.25, 0.3) is 10.9 Å². The molecule has 5 nitrogen and oxygen atoms in total. The Kier molecular flexibility index (Phi) is 3.69. The van der Waals surface area contributed by atoms with E-state index in [0.717, 1.165) is 29.4 Å². The summed E-state index contributed by atoms with van der Waals surface area (Å²) in [5.74, 6) is 6.39. The molecular weight excluding hydrogens is 250 g/mol. The molecule has 1 heterocycles. The maximum absolute atomic E-state index is 5.69. The van der Waals surface area contributed by atoms with E-state index >= 15 is 0 Å². The van der Waals surface area contributed by atoms with Crippen LogP contribution < -0.4 is 11.3 Å². The quantitative estimate of drug-likeness (QED) is 0.380. The summed E-state index contributed by atoms with van der Waals surface area (Å²) in [7, 11) is 1.95. The van der Waals surface area contributed by atoms with Crippen LogP contribution in [0.3, 0.4) is 0 Å². The second-order valence-electron chi connectivity index (χ2n) is 5.40. The molecule has 0 unspecified atom stereocenters. The number of nitrogens with two attached hydrogens (primary N) is 1. The third-order valence-electron chi connectivity index (χ3n) is 4.01. The van der Waals surface area contributed by atoms with Gasteiger partial charge in [-0.3, -0.25) is 9.67 Å². The first-order chi connectivity index (χ1) is 9.79. The van der Waals surface area contributed by atoms with Crippen LogP contribution in [0, 0.1) is 0 Å². The minimum absolute atomic E-state index is 0.371. The summed E-state index contributed by atoms with van der Waals surface area (Å²) in [5.41, 5.74) is 4.68. The molecule has 0 aliphatic heterocycles. The molecule has 3 N–H and O–H groups in total. The second-order valence-corrected chi connectivity index (χ2v) is 5.40. The number of rotatable bonds is 2. The van der Waals surface area contributed by atoms with E-state index in [1.807, 2.05) is 23.9 Å². The van der Waals surface area contributed by atoms with Crippen molar-refractivity contribution in [2.24, 2.45) is 17.9 Å². The Hall–Kier alpha value is -1.88. The largest absolute Gasteiger partial charge is 0.307 e. The molecule has 0 atom stereocenters. The normalized spacial score (nSPS) is 17.6. The van der Waals surface area contributed by atoms with Crippen molar-refractivity contribution in [1.29, 1.82) is 0 Å². The lowest BCUT2D eigenvalue weighted by Crippen LogP contribution is -2.33. The highest BCUT2D eigenvalue weighted by atomic mass is 15.3. The molecular formula is C15H21N5. The van der Waals surface area contributed by atoms with Gasteiger partial charge >= 0.3 is 0 Å². The zero-order valence-electron chi connectivity index (χ0n) is 11.8. The average Bonchev–Trinajstić information content (AvgIpc) is 2.84. The fraction of sp³-hybridized carbons (Fsp3) is 0.467. The number of aryl methyl sites for hydroxylation is 1. The van der Waals surface area contributed by atoms with E-state index in [0.29, 0.717) is 11.9 Å². The molecule has 1 fully saturated rings. The smallest absolute Gasteiger partial charge is 0.164 e. The van der Waals surface area contributed by atoms with Gasteiger partial charge < -0.3 is 5.43 Å². The van der Waals surface area contributed by atoms with Gasteiger partial charge in [-0.25, -0.2) is 5.84 Å². The Morgan fingerprint density at radius 2 is 2.05 bits per heavy atom. The first-order valence-electron chi connectivity index (χ1n) is 7.26. The second kappa shape index (κ2) is 5.63. The van der Waals surface area contributed by atoms with Gasteiger partial charge in [0.05, 0.1) is 11.6 Å². The Morgan fingerprint density at radius 1 is 1.30 bits per heavy atom. The maximum atomic E-state index is 5.69. The number of nitrogens with zero attached hydrogens (tertiary/aromatic N) is 3. The third kappa shape index (κ3) is 2.41. The number of hydrazine groups is 1. The molecule has 1 aromatic carbocycles. The van der Waals surface area contributed by atoms with Crippen LogP contribution in [-0.4, -0.2) is 21.7 Å². The van der Waals surface area contributed by atoms with Gasteiger partial charge in [-0.2, -0.15) is 5.10 Å². The minimum Gasteiger partial charge on any atom is -0.307 e. The van der Waals surface area contributed by atoms with E-state index in [-0.39, 0.29) is 0 Å². The van der Waals surface area contributed by atoms with Crippen LogP contribution in [0.15, 0.2) is 29.3 Å². The van der Waals surface area contributed by atoms with Crippen LogP contribution in [0.5, 0.6) is 0 Å². The fourth-order valence-electron chi connectivity index (χ4n) is 2.95. The Morgan fingerprint density at radius 3 is 2.80 bits per heavy atom. The van der Waals surface area contributed by atoms with Crippen LogP contribution in [0.2, 0.25) is 0 Å². The monoisotopic (exact) mass is 271 g/mol. The molecule has 2 aromatic rings. The molecule has 1 saturated carbocycles. The third-order valence-corrected chi connectivity index (χ3v) is 4.01. The number of amidine groups is 1. The van der Waals surface area contributed by atoms with Gasteiger partial charge in [0.25, 0.3) is 0 Å². The molecule has 106 valence electrons. The summed E-state index contributed by atoms with van der Waals surface area (Å²) >= 11 is 0. The van der Waals surface area contributed by atoms with Crippen molar-refractivity contribution in [3.8, 4) is 0 Å². The van der Waals surface area contributed by atoms with Crippen molar-refractivity contribution in [1.82, 2.24) is 15.2 Å². The Bertz CT molecular complexity index is 622. The van der Waals surface area contributed by atoms with Crippen molar-refractivity contribution in [2.75, 3.05) is 0 Å². The number of nitrogens with one attached hydrogen (secondary N) is 1. The van der Waals surface area contributed by atoms with E-state index in [1.165, 1.54) is 19.3 Å². The van der Waals surface area contributed by atoms with E-state index in [4.69, 9.17) is 10.8 Å². The number of fused-ring (bicyclic) bond motifs is 1. The topological polar surface area (TPSA) is 68.2 Å². The molecule has 0 bridgehead atoms. The molecule has 0 radical (unpaired) electrons. The van der Waals surface area contributed by atoms with Crippen molar-refractivity contribution in [3.63, 3.8) is 0 Å². The highest BCUT2D eigenvalue weighted by Gasteiger charge is 2.17. The highest BCUT2D eigenvalue weighted by molar-refractivity contribution is 6.07. The molecule has 20 heavy (non-hydrogen) atoms. The van der Waals surface area contributed by atoms with Gasteiger partial charge in [0.1, 0.15) is 5.69 Å². The molecule has 0 amide bonds. The first kappa shape index (κ1) is 13.1. The lowest BCUT2D eigenvalue weighted by atomic mass is 9.96. The minimum atomic E-state index is 0.371. The van der Waals surface area contributed by atoms with Crippen molar-refractivity contribution >= 4 is 16.7 Å². The highest BCUT2D eigenvalue weighted by Crippen LogP contribution is 2.22. The first-order valence-corrected chi connectivity index (χ1v) is 7.26. The van der Waals surface area contributed by atoms with Gasteiger partial charge in [-0.15, -0.1) is 0 Å². The van der Waals surface area contributed by atoms with Gasteiger partial charge in [-0.1, -0.05) is 37.5 Å². The van der Waals surface area contributed by atoms with Crippen LogP contribution >= 0.6 is 0 Å². The lowest BCUT2D eigenvalue weighted by molar-refractivity contribution is 0.442. The van der Waals surface area contributed by atoms with Gasteiger partial charge in [0.15, 0.2) is 5.84 Å². The van der Waals surface area contributed by atoms with E-state index < -0.39 is 0 Å².